The highest BCUT2D eigenvalue weighted by Gasteiger charge is 2.15. The summed E-state index contributed by atoms with van der Waals surface area (Å²) >= 11 is 0. The van der Waals surface area contributed by atoms with Gasteiger partial charge in [-0.15, -0.1) is 0 Å². The third kappa shape index (κ3) is 2.12. The van der Waals surface area contributed by atoms with Crippen LogP contribution in [0.3, 0.4) is 0 Å². The van der Waals surface area contributed by atoms with E-state index in [9.17, 15) is 13.2 Å². The van der Waals surface area contributed by atoms with Crippen LogP contribution in [0.5, 0.6) is 0 Å². The molecule has 0 unspecified atom stereocenters. The Balaban J connectivity index is 2.65. The van der Waals surface area contributed by atoms with Crippen LogP contribution < -0.4 is 5.32 Å². The summed E-state index contributed by atoms with van der Waals surface area (Å²) in [6, 6.07) is 2.01. The van der Waals surface area contributed by atoms with E-state index in [-0.39, 0.29) is 10.9 Å². The van der Waals surface area contributed by atoms with Crippen molar-refractivity contribution in [1.82, 2.24) is 4.98 Å². The summed E-state index contributed by atoms with van der Waals surface area (Å²) in [4.78, 5) is 3.97. The number of hydrogen-bond acceptors (Lipinski definition) is 2. The Morgan fingerprint density at radius 3 is 2.56 bits per heavy atom. The van der Waals surface area contributed by atoms with Crippen LogP contribution in [0.2, 0.25) is 0 Å². The Morgan fingerprint density at radius 1 is 1.17 bits per heavy atom. The lowest BCUT2D eigenvalue weighted by Crippen LogP contribution is -2.05. The van der Waals surface area contributed by atoms with Crippen LogP contribution in [0.1, 0.15) is 18.9 Å². The largest absolute Gasteiger partial charge is 0.370 e. The Bertz CT molecular complexity index is 597. The summed E-state index contributed by atoms with van der Waals surface area (Å²) in [5.41, 5.74) is 0.414. The molecule has 0 amide bonds. The molecular weight excluding hydrogens is 241 g/mol. The molecule has 0 aliphatic rings. The summed E-state index contributed by atoms with van der Waals surface area (Å²) in [7, 11) is 0. The Kier molecular flexibility index (Phi) is 3.41. The second kappa shape index (κ2) is 4.84. The summed E-state index contributed by atoms with van der Waals surface area (Å²) < 4.78 is 40.2. The van der Waals surface area contributed by atoms with Crippen molar-refractivity contribution in [2.45, 2.75) is 20.3 Å². The van der Waals surface area contributed by atoms with E-state index < -0.39 is 17.5 Å². The number of rotatable bonds is 3. The Hall–Kier alpha value is -1.78. The molecule has 1 heterocycles. The second-order valence-corrected chi connectivity index (χ2v) is 4.13. The Labute approximate surface area is 103 Å². The van der Waals surface area contributed by atoms with Crippen molar-refractivity contribution in [3.05, 3.63) is 35.1 Å². The van der Waals surface area contributed by atoms with E-state index in [0.717, 1.165) is 6.42 Å². The molecule has 0 atom stereocenters. The van der Waals surface area contributed by atoms with Gasteiger partial charge in [0.15, 0.2) is 11.6 Å². The average molecular weight is 254 g/mol. The topological polar surface area (TPSA) is 24.9 Å². The molecular formula is C13H13F3N2. The molecule has 1 N–H and O–H groups in total. The quantitative estimate of drug-likeness (QED) is 0.843. The molecule has 1 aromatic carbocycles. The van der Waals surface area contributed by atoms with Gasteiger partial charge in [-0.1, -0.05) is 6.92 Å². The molecule has 2 rings (SSSR count). The van der Waals surface area contributed by atoms with E-state index in [1.54, 1.807) is 6.92 Å². The van der Waals surface area contributed by atoms with Gasteiger partial charge in [-0.25, -0.2) is 18.2 Å². The van der Waals surface area contributed by atoms with Crippen LogP contribution >= 0.6 is 0 Å². The lowest BCUT2D eigenvalue weighted by atomic mass is 10.1. The third-order valence-corrected chi connectivity index (χ3v) is 2.68. The van der Waals surface area contributed by atoms with Gasteiger partial charge < -0.3 is 5.32 Å². The zero-order chi connectivity index (χ0) is 13.3. The van der Waals surface area contributed by atoms with E-state index in [0.29, 0.717) is 24.0 Å². The third-order valence-electron chi connectivity index (χ3n) is 2.68. The van der Waals surface area contributed by atoms with Gasteiger partial charge in [-0.2, -0.15) is 0 Å². The first-order valence-electron chi connectivity index (χ1n) is 5.73. The maximum atomic E-state index is 13.6. The fraction of sp³-hybridized carbons (Fsp3) is 0.308. The Morgan fingerprint density at radius 2 is 1.89 bits per heavy atom. The highest BCUT2D eigenvalue weighted by Crippen LogP contribution is 2.26. The monoisotopic (exact) mass is 254 g/mol. The predicted molar refractivity (Wildman–Crippen MR) is 65.1 cm³/mol. The van der Waals surface area contributed by atoms with Crippen LogP contribution in [-0.2, 0) is 0 Å². The van der Waals surface area contributed by atoms with Gasteiger partial charge in [-0.3, -0.25) is 0 Å². The molecule has 96 valence electrons. The van der Waals surface area contributed by atoms with Crippen molar-refractivity contribution >= 4 is 16.7 Å². The lowest BCUT2D eigenvalue weighted by Gasteiger charge is -2.10. The van der Waals surface area contributed by atoms with Crippen LogP contribution in [-0.4, -0.2) is 11.5 Å². The van der Waals surface area contributed by atoms with Crippen molar-refractivity contribution in [2.75, 3.05) is 11.9 Å². The highest BCUT2D eigenvalue weighted by molar-refractivity contribution is 5.83. The summed E-state index contributed by atoms with van der Waals surface area (Å²) in [5.74, 6) is -2.70. The molecule has 2 nitrogen and oxygen atoms in total. The van der Waals surface area contributed by atoms with Crippen LogP contribution in [0, 0.1) is 24.4 Å². The highest BCUT2D eigenvalue weighted by atomic mass is 19.2. The molecule has 0 spiro atoms. The number of hydrogen-bond donors (Lipinski definition) is 1. The molecule has 2 aromatic rings. The van der Waals surface area contributed by atoms with Crippen molar-refractivity contribution in [1.29, 1.82) is 0 Å². The first-order valence-corrected chi connectivity index (χ1v) is 5.73. The number of pyridine rings is 1. The number of nitrogens with one attached hydrogen (secondary N) is 1. The van der Waals surface area contributed by atoms with Gasteiger partial charge in [0.2, 0.25) is 0 Å². The summed E-state index contributed by atoms with van der Waals surface area (Å²) in [6.45, 7) is 4.38. The zero-order valence-corrected chi connectivity index (χ0v) is 10.2. The average Bonchev–Trinajstić information content (AvgIpc) is 2.34. The number of aryl methyl sites for hydroxylation is 1. The SMILES string of the molecule is CCCNc1nc2c(F)c(F)cc(F)c2cc1C. The molecule has 0 fully saturated rings. The molecule has 1 aromatic heterocycles. The van der Waals surface area contributed by atoms with Crippen LogP contribution in [0.4, 0.5) is 19.0 Å². The first kappa shape index (κ1) is 12.7. The fourth-order valence-electron chi connectivity index (χ4n) is 1.75. The lowest BCUT2D eigenvalue weighted by molar-refractivity contribution is 0.504. The van der Waals surface area contributed by atoms with Crippen molar-refractivity contribution in [2.24, 2.45) is 0 Å². The van der Waals surface area contributed by atoms with Crippen LogP contribution in [0.15, 0.2) is 12.1 Å². The van der Waals surface area contributed by atoms with Crippen LogP contribution in [0.25, 0.3) is 10.9 Å². The van der Waals surface area contributed by atoms with E-state index >= 15 is 0 Å². The van der Waals surface area contributed by atoms with Gasteiger partial charge in [-0.05, 0) is 25.0 Å². The number of aromatic nitrogens is 1. The normalized spacial score (nSPS) is 10.9. The van der Waals surface area contributed by atoms with Gasteiger partial charge in [0.05, 0.1) is 0 Å². The second-order valence-electron chi connectivity index (χ2n) is 4.13. The predicted octanol–water partition coefficient (Wildman–Crippen LogP) is 3.78. The van der Waals surface area contributed by atoms with Gasteiger partial charge in [0.1, 0.15) is 17.2 Å². The van der Waals surface area contributed by atoms with E-state index in [1.165, 1.54) is 6.07 Å². The molecule has 0 aliphatic carbocycles. The van der Waals surface area contributed by atoms with Crippen molar-refractivity contribution < 1.29 is 13.2 Å². The molecule has 5 heteroatoms. The van der Waals surface area contributed by atoms with Gasteiger partial charge in [0.25, 0.3) is 0 Å². The maximum absolute atomic E-state index is 13.6. The van der Waals surface area contributed by atoms with E-state index in [4.69, 9.17) is 0 Å². The summed E-state index contributed by atoms with van der Waals surface area (Å²) in [6.07, 6.45) is 0.874. The number of anilines is 1. The zero-order valence-electron chi connectivity index (χ0n) is 10.2. The molecule has 0 saturated heterocycles. The maximum Gasteiger partial charge on any atom is 0.185 e. The number of halogens is 3. The first-order chi connectivity index (χ1) is 8.54. The minimum absolute atomic E-state index is 0.00607. The molecule has 18 heavy (non-hydrogen) atoms. The molecule has 0 saturated carbocycles. The number of fused-ring (bicyclic) bond motifs is 1. The van der Waals surface area contributed by atoms with E-state index in [2.05, 4.69) is 10.3 Å². The van der Waals surface area contributed by atoms with Gasteiger partial charge in [0, 0.05) is 18.0 Å². The summed E-state index contributed by atoms with van der Waals surface area (Å²) in [5, 5.41) is 2.99. The smallest absolute Gasteiger partial charge is 0.185 e. The van der Waals surface area contributed by atoms with Crippen molar-refractivity contribution in [3.8, 4) is 0 Å². The number of benzene rings is 1. The molecule has 0 radical (unpaired) electrons. The number of nitrogens with zero attached hydrogens (tertiary/aromatic N) is 1. The minimum Gasteiger partial charge on any atom is -0.370 e. The minimum atomic E-state index is -1.22. The molecule has 0 aliphatic heterocycles. The standard InChI is InChI=1S/C13H13F3N2/c1-3-4-17-13-7(2)5-8-9(14)6-10(15)11(16)12(8)18-13/h5-6H,3-4H2,1-2H3,(H,17,18). The van der Waals surface area contributed by atoms with Crippen molar-refractivity contribution in [3.63, 3.8) is 0 Å². The van der Waals surface area contributed by atoms with E-state index in [1.807, 2.05) is 6.92 Å². The fourth-order valence-corrected chi connectivity index (χ4v) is 1.75. The van der Waals surface area contributed by atoms with Gasteiger partial charge >= 0.3 is 0 Å². The molecule has 0 bridgehead atoms.